The average molecular weight is 447 g/mol. The predicted molar refractivity (Wildman–Crippen MR) is 101 cm³/mol. The third-order valence-electron chi connectivity index (χ3n) is 3.89. The van der Waals surface area contributed by atoms with Crippen LogP contribution >= 0.6 is 36.2 Å². The highest BCUT2D eigenvalue weighted by Crippen LogP contribution is 2.27. The zero-order chi connectivity index (χ0) is 17.9. The van der Waals surface area contributed by atoms with Gasteiger partial charge in [-0.3, -0.25) is 9.69 Å². The lowest BCUT2D eigenvalue weighted by atomic mass is 10.2. The molecule has 2 N–H and O–H groups in total. The minimum absolute atomic E-state index is 0. The molecule has 3 rings (SSSR count). The Morgan fingerprint density at radius 3 is 2.67 bits per heavy atom. The number of alkyl halides is 3. The molecule has 0 spiro atoms. The fourth-order valence-electron chi connectivity index (χ4n) is 2.62. The molecule has 2 aromatic rings. The highest BCUT2D eigenvalue weighted by Gasteiger charge is 2.43. The van der Waals surface area contributed by atoms with Crippen LogP contribution in [0.15, 0.2) is 29.0 Å². The molecule has 0 bridgehead atoms. The number of hydrogen-bond acceptors (Lipinski definition) is 6. The van der Waals surface area contributed by atoms with Crippen molar-refractivity contribution in [3.05, 3.63) is 29.5 Å². The Bertz CT molecular complexity index is 706. The summed E-state index contributed by atoms with van der Waals surface area (Å²) in [4.78, 5) is 17.8. The number of carbonyl (C=O) groups excluding carboxylic acids is 1. The van der Waals surface area contributed by atoms with Gasteiger partial charge in [-0.25, -0.2) is 4.98 Å². The number of aromatic nitrogens is 1. The fourth-order valence-corrected chi connectivity index (χ4v) is 3.42. The van der Waals surface area contributed by atoms with Crippen LogP contribution in [0.25, 0.3) is 10.8 Å². The van der Waals surface area contributed by atoms with E-state index in [0.717, 1.165) is 11.3 Å². The Balaban J connectivity index is 0.00000182. The summed E-state index contributed by atoms with van der Waals surface area (Å²) in [5, 5.41) is 5.90. The molecule has 0 saturated carbocycles. The van der Waals surface area contributed by atoms with Crippen LogP contribution in [0.3, 0.4) is 0 Å². The van der Waals surface area contributed by atoms with Crippen LogP contribution in [-0.2, 0) is 0 Å². The van der Waals surface area contributed by atoms with Crippen molar-refractivity contribution in [1.82, 2.24) is 20.5 Å². The van der Waals surface area contributed by atoms with Crippen LogP contribution in [0, 0.1) is 0 Å². The van der Waals surface area contributed by atoms with Gasteiger partial charge in [-0.05, 0) is 12.1 Å². The molecular formula is C15H19Cl2F3N4O2S. The molecule has 12 heteroatoms. The minimum atomic E-state index is -4.41. The second-order valence-electron chi connectivity index (χ2n) is 5.56. The summed E-state index contributed by atoms with van der Waals surface area (Å²) in [7, 11) is 0. The van der Waals surface area contributed by atoms with Gasteiger partial charge in [-0.2, -0.15) is 13.2 Å². The predicted octanol–water partition coefficient (Wildman–Crippen LogP) is 2.81. The average Bonchev–Trinajstić information content (AvgIpc) is 3.26. The van der Waals surface area contributed by atoms with Crippen molar-refractivity contribution in [2.45, 2.75) is 12.2 Å². The number of hydrogen-bond donors (Lipinski definition) is 2. The molecule has 1 aliphatic rings. The number of furan rings is 1. The van der Waals surface area contributed by atoms with Crippen LogP contribution in [0.1, 0.15) is 9.67 Å². The van der Waals surface area contributed by atoms with E-state index in [-0.39, 0.29) is 29.7 Å². The number of amides is 1. The van der Waals surface area contributed by atoms with Gasteiger partial charge in [0.05, 0.1) is 12.5 Å². The topological polar surface area (TPSA) is 70.4 Å². The Kier molecular flexibility index (Phi) is 9.03. The SMILES string of the molecule is Cl.Cl.O=C(NCC(N1CCNCC1)C(F)(F)F)c1cnc(-c2ccco2)s1. The molecule has 3 heterocycles. The molecule has 27 heavy (non-hydrogen) atoms. The lowest BCUT2D eigenvalue weighted by Gasteiger charge is -2.35. The smallest absolute Gasteiger partial charge is 0.405 e. The third kappa shape index (κ3) is 6.08. The van der Waals surface area contributed by atoms with Crippen LogP contribution in [-0.4, -0.2) is 60.7 Å². The van der Waals surface area contributed by atoms with Crippen molar-refractivity contribution in [3.63, 3.8) is 0 Å². The third-order valence-corrected chi connectivity index (χ3v) is 4.90. The largest absolute Gasteiger partial charge is 0.462 e. The molecule has 0 aliphatic carbocycles. The molecule has 0 aromatic carbocycles. The molecule has 1 fully saturated rings. The quantitative estimate of drug-likeness (QED) is 0.738. The molecule has 1 atom stereocenters. The highest BCUT2D eigenvalue weighted by molar-refractivity contribution is 7.16. The van der Waals surface area contributed by atoms with E-state index >= 15 is 0 Å². The molecule has 1 unspecified atom stereocenters. The lowest BCUT2D eigenvalue weighted by molar-refractivity contribution is -0.183. The summed E-state index contributed by atoms with van der Waals surface area (Å²) in [6.07, 6.45) is -1.58. The first-order chi connectivity index (χ1) is 11.9. The summed E-state index contributed by atoms with van der Waals surface area (Å²) < 4.78 is 45.1. The molecule has 1 saturated heterocycles. The number of nitrogens with one attached hydrogen (secondary N) is 2. The Morgan fingerprint density at radius 2 is 2.07 bits per heavy atom. The molecule has 0 radical (unpaired) electrons. The first kappa shape index (κ1) is 23.7. The van der Waals surface area contributed by atoms with Gasteiger partial charge in [0.2, 0.25) is 0 Å². The number of thiazole rings is 1. The summed E-state index contributed by atoms with van der Waals surface area (Å²) >= 11 is 1.07. The fraction of sp³-hybridized carbons (Fsp3) is 0.467. The van der Waals surface area contributed by atoms with Gasteiger partial charge in [0.15, 0.2) is 10.8 Å². The standard InChI is InChI=1S/C15H17F3N4O2S.2ClH/c16-15(17,18)12(22-5-3-19-4-6-22)9-20-13(23)11-8-21-14(25-11)10-2-1-7-24-10;;/h1-2,7-8,12,19H,3-6,9H2,(H,20,23);2*1H. The van der Waals surface area contributed by atoms with Gasteiger partial charge in [0.25, 0.3) is 5.91 Å². The van der Waals surface area contributed by atoms with Crippen LogP contribution in [0.2, 0.25) is 0 Å². The summed E-state index contributed by atoms with van der Waals surface area (Å²) in [5.74, 6) is -0.0577. The monoisotopic (exact) mass is 446 g/mol. The Labute approximate surface area is 170 Å². The molecule has 1 amide bonds. The molecule has 1 aliphatic heterocycles. The highest BCUT2D eigenvalue weighted by atomic mass is 35.5. The first-order valence-corrected chi connectivity index (χ1v) is 8.56. The Hall–Kier alpha value is -1.33. The van der Waals surface area contributed by atoms with Crippen LogP contribution in [0.5, 0.6) is 0 Å². The van der Waals surface area contributed by atoms with Gasteiger partial charge in [-0.1, -0.05) is 0 Å². The van der Waals surface area contributed by atoms with E-state index in [1.807, 2.05) is 0 Å². The van der Waals surface area contributed by atoms with E-state index < -0.39 is 24.7 Å². The van der Waals surface area contributed by atoms with Crippen molar-refractivity contribution in [2.24, 2.45) is 0 Å². The number of carbonyl (C=O) groups is 1. The van der Waals surface area contributed by atoms with Gasteiger partial charge in [0.1, 0.15) is 10.9 Å². The lowest BCUT2D eigenvalue weighted by Crippen LogP contribution is -2.57. The van der Waals surface area contributed by atoms with Crippen molar-refractivity contribution in [2.75, 3.05) is 32.7 Å². The molecular weight excluding hydrogens is 428 g/mol. The van der Waals surface area contributed by atoms with E-state index in [0.29, 0.717) is 36.9 Å². The van der Waals surface area contributed by atoms with Crippen molar-refractivity contribution in [1.29, 1.82) is 0 Å². The summed E-state index contributed by atoms with van der Waals surface area (Å²) in [5.41, 5.74) is 0. The van der Waals surface area contributed by atoms with Gasteiger partial charge < -0.3 is 15.1 Å². The molecule has 152 valence electrons. The number of halogens is 5. The normalized spacial score (nSPS) is 16.1. The zero-order valence-corrected chi connectivity index (χ0v) is 16.4. The summed E-state index contributed by atoms with van der Waals surface area (Å²) in [6, 6.07) is 1.69. The first-order valence-electron chi connectivity index (χ1n) is 7.74. The van der Waals surface area contributed by atoms with Crippen molar-refractivity contribution < 1.29 is 22.4 Å². The van der Waals surface area contributed by atoms with Crippen molar-refractivity contribution >= 4 is 42.1 Å². The van der Waals surface area contributed by atoms with E-state index in [9.17, 15) is 18.0 Å². The van der Waals surface area contributed by atoms with E-state index in [2.05, 4.69) is 15.6 Å². The van der Waals surface area contributed by atoms with Gasteiger partial charge in [-0.15, -0.1) is 36.2 Å². The maximum atomic E-state index is 13.3. The molecule has 6 nitrogen and oxygen atoms in total. The maximum absolute atomic E-state index is 13.3. The van der Waals surface area contributed by atoms with E-state index in [1.54, 1.807) is 12.1 Å². The van der Waals surface area contributed by atoms with Gasteiger partial charge >= 0.3 is 6.18 Å². The Morgan fingerprint density at radius 1 is 1.37 bits per heavy atom. The molecule has 2 aromatic heterocycles. The zero-order valence-electron chi connectivity index (χ0n) is 14.0. The second-order valence-corrected chi connectivity index (χ2v) is 6.59. The van der Waals surface area contributed by atoms with E-state index in [1.165, 1.54) is 17.4 Å². The second kappa shape index (κ2) is 10.3. The van der Waals surface area contributed by atoms with Crippen molar-refractivity contribution in [3.8, 4) is 10.8 Å². The number of rotatable bonds is 5. The minimum Gasteiger partial charge on any atom is -0.462 e. The van der Waals surface area contributed by atoms with Crippen LogP contribution < -0.4 is 10.6 Å². The maximum Gasteiger partial charge on any atom is 0.405 e. The van der Waals surface area contributed by atoms with Gasteiger partial charge in [0, 0.05) is 32.7 Å². The summed E-state index contributed by atoms with van der Waals surface area (Å²) in [6.45, 7) is 1.10. The number of nitrogens with zero attached hydrogens (tertiary/aromatic N) is 2. The van der Waals surface area contributed by atoms with E-state index in [4.69, 9.17) is 4.42 Å². The number of piperazine rings is 1. The van der Waals surface area contributed by atoms with Crippen LogP contribution in [0.4, 0.5) is 13.2 Å².